The fraction of sp³-hybridized carbons (Fsp3) is 0.158. The molecule has 2 aromatic carbocycles. The number of rotatable bonds is 7. The van der Waals surface area contributed by atoms with Crippen LogP contribution in [-0.2, 0) is 4.79 Å². The Morgan fingerprint density at radius 2 is 1.67 bits per heavy atom. The zero-order valence-corrected chi connectivity index (χ0v) is 16.5. The Balaban J connectivity index is 1.54. The summed E-state index contributed by atoms with van der Waals surface area (Å²) >= 11 is 2.77. The molecule has 0 spiro atoms. The molecule has 0 fully saturated rings. The molecule has 0 unspecified atom stereocenters. The minimum absolute atomic E-state index is 0.00220. The van der Waals surface area contributed by atoms with Gasteiger partial charge in [0.2, 0.25) is 11.0 Å². The average Bonchev–Trinajstić information content (AvgIpc) is 3.09. The molecule has 1 heterocycles. The lowest BCUT2D eigenvalue weighted by Gasteiger charge is -2.03. The monoisotopic (exact) mass is 398 g/mol. The van der Waals surface area contributed by atoms with E-state index < -0.39 is 0 Å². The van der Waals surface area contributed by atoms with E-state index in [0.717, 1.165) is 10.0 Å². The Morgan fingerprint density at radius 3 is 2.33 bits per heavy atom. The first-order valence-electron chi connectivity index (χ1n) is 8.20. The summed E-state index contributed by atoms with van der Waals surface area (Å²) in [6.45, 7) is 3.48. The van der Waals surface area contributed by atoms with Crippen molar-refractivity contribution >= 4 is 51.3 Å². The van der Waals surface area contributed by atoms with Crippen molar-refractivity contribution in [2.75, 3.05) is 16.4 Å². The van der Waals surface area contributed by atoms with E-state index in [0.29, 0.717) is 16.4 Å². The van der Waals surface area contributed by atoms with Gasteiger partial charge in [0.1, 0.15) is 0 Å². The lowest BCUT2D eigenvalue weighted by molar-refractivity contribution is -0.114. The van der Waals surface area contributed by atoms with Crippen LogP contribution < -0.4 is 10.6 Å². The average molecular weight is 399 g/mol. The SMILES string of the molecule is CC(=O)Nc1ccc(C(=O)CSc2nnc(Nc3ccc(C)cc3)s2)cc1. The first kappa shape index (κ1) is 19.1. The van der Waals surface area contributed by atoms with E-state index in [1.807, 2.05) is 31.2 Å². The van der Waals surface area contributed by atoms with Crippen molar-refractivity contribution < 1.29 is 9.59 Å². The van der Waals surface area contributed by atoms with Crippen LogP contribution in [-0.4, -0.2) is 27.6 Å². The highest BCUT2D eigenvalue weighted by Crippen LogP contribution is 2.28. The molecule has 27 heavy (non-hydrogen) atoms. The maximum Gasteiger partial charge on any atom is 0.221 e. The predicted molar refractivity (Wildman–Crippen MR) is 110 cm³/mol. The van der Waals surface area contributed by atoms with Crippen LogP contribution in [0, 0.1) is 6.92 Å². The van der Waals surface area contributed by atoms with Gasteiger partial charge in [0.15, 0.2) is 10.1 Å². The number of carbonyl (C=O) groups excluding carboxylic acids is 2. The maximum atomic E-state index is 12.3. The van der Waals surface area contributed by atoms with Gasteiger partial charge >= 0.3 is 0 Å². The van der Waals surface area contributed by atoms with Crippen LogP contribution in [0.1, 0.15) is 22.8 Å². The third-order valence-electron chi connectivity index (χ3n) is 3.56. The van der Waals surface area contributed by atoms with Gasteiger partial charge in [0, 0.05) is 23.9 Å². The molecule has 0 aliphatic rings. The highest BCUT2D eigenvalue weighted by molar-refractivity contribution is 8.01. The molecule has 2 N–H and O–H groups in total. The molecule has 0 saturated carbocycles. The summed E-state index contributed by atoms with van der Waals surface area (Å²) in [7, 11) is 0. The molecule has 3 aromatic rings. The summed E-state index contributed by atoms with van der Waals surface area (Å²) < 4.78 is 0.729. The number of nitrogens with one attached hydrogen (secondary N) is 2. The Hall–Kier alpha value is -2.71. The Bertz CT molecular complexity index is 937. The lowest BCUT2D eigenvalue weighted by Crippen LogP contribution is -2.06. The van der Waals surface area contributed by atoms with Gasteiger partial charge in [-0.3, -0.25) is 9.59 Å². The van der Waals surface area contributed by atoms with Crippen LogP contribution in [0.5, 0.6) is 0 Å². The summed E-state index contributed by atoms with van der Waals surface area (Å²) in [4.78, 5) is 23.3. The van der Waals surface area contributed by atoms with Gasteiger partial charge in [0.05, 0.1) is 5.75 Å². The number of hydrogen-bond donors (Lipinski definition) is 2. The second-order valence-corrected chi connectivity index (χ2v) is 8.03. The van der Waals surface area contributed by atoms with Gasteiger partial charge in [-0.2, -0.15) is 0 Å². The topological polar surface area (TPSA) is 84.0 Å². The minimum atomic E-state index is -0.143. The van der Waals surface area contributed by atoms with Crippen LogP contribution in [0.25, 0.3) is 0 Å². The largest absolute Gasteiger partial charge is 0.330 e. The Labute approximate surface area is 165 Å². The number of anilines is 3. The molecular weight excluding hydrogens is 380 g/mol. The number of benzene rings is 2. The van der Waals surface area contributed by atoms with Gasteiger partial charge in [-0.05, 0) is 43.3 Å². The number of aryl methyl sites for hydroxylation is 1. The minimum Gasteiger partial charge on any atom is -0.330 e. The van der Waals surface area contributed by atoms with Gasteiger partial charge < -0.3 is 10.6 Å². The molecule has 0 atom stereocenters. The van der Waals surface area contributed by atoms with Crippen molar-refractivity contribution in [3.05, 3.63) is 59.7 Å². The zero-order chi connectivity index (χ0) is 19.2. The molecule has 0 aliphatic carbocycles. The van der Waals surface area contributed by atoms with Crippen LogP contribution in [0.2, 0.25) is 0 Å². The van der Waals surface area contributed by atoms with Crippen molar-refractivity contribution in [1.29, 1.82) is 0 Å². The molecule has 0 saturated heterocycles. The smallest absolute Gasteiger partial charge is 0.221 e. The van der Waals surface area contributed by atoms with E-state index in [-0.39, 0.29) is 17.4 Å². The highest BCUT2D eigenvalue weighted by atomic mass is 32.2. The van der Waals surface area contributed by atoms with E-state index >= 15 is 0 Å². The standard InChI is InChI=1S/C19H18N4O2S2/c1-12-3-7-16(8-4-12)21-18-22-23-19(27-18)26-11-17(25)14-5-9-15(10-6-14)20-13(2)24/h3-10H,11H2,1-2H3,(H,20,24)(H,21,22). The number of ketones is 1. The molecule has 0 radical (unpaired) electrons. The molecule has 3 rings (SSSR count). The van der Waals surface area contributed by atoms with Crippen LogP contribution in [0.15, 0.2) is 52.9 Å². The Morgan fingerprint density at radius 1 is 1.00 bits per heavy atom. The van der Waals surface area contributed by atoms with Crippen LogP contribution in [0.4, 0.5) is 16.5 Å². The number of amides is 1. The lowest BCUT2D eigenvalue weighted by atomic mass is 10.1. The van der Waals surface area contributed by atoms with E-state index in [1.165, 1.54) is 35.6 Å². The number of hydrogen-bond acceptors (Lipinski definition) is 7. The number of aromatic nitrogens is 2. The molecule has 0 bridgehead atoms. The highest BCUT2D eigenvalue weighted by Gasteiger charge is 2.10. The van der Waals surface area contributed by atoms with Crippen molar-refractivity contribution in [3.63, 3.8) is 0 Å². The van der Waals surface area contributed by atoms with Crippen molar-refractivity contribution in [2.45, 2.75) is 18.2 Å². The quantitative estimate of drug-likeness (QED) is 0.450. The fourth-order valence-electron chi connectivity index (χ4n) is 2.23. The van der Waals surface area contributed by atoms with E-state index in [1.54, 1.807) is 24.3 Å². The second-order valence-electron chi connectivity index (χ2n) is 5.83. The third-order valence-corrected chi connectivity index (χ3v) is 5.54. The number of thioether (sulfide) groups is 1. The first-order chi connectivity index (χ1) is 13.0. The second kappa shape index (κ2) is 8.79. The van der Waals surface area contributed by atoms with Gasteiger partial charge in [-0.25, -0.2) is 0 Å². The van der Waals surface area contributed by atoms with E-state index in [9.17, 15) is 9.59 Å². The van der Waals surface area contributed by atoms with E-state index in [4.69, 9.17) is 0 Å². The maximum absolute atomic E-state index is 12.3. The summed E-state index contributed by atoms with van der Waals surface area (Å²) in [5.74, 6) is 0.132. The van der Waals surface area contributed by atoms with Crippen LogP contribution in [0.3, 0.4) is 0 Å². The number of nitrogens with zero attached hydrogens (tertiary/aromatic N) is 2. The normalized spacial score (nSPS) is 10.4. The van der Waals surface area contributed by atoms with Gasteiger partial charge in [0.25, 0.3) is 0 Å². The zero-order valence-electron chi connectivity index (χ0n) is 14.9. The molecule has 0 aliphatic heterocycles. The fourth-order valence-corrected chi connectivity index (χ4v) is 3.90. The first-order valence-corrected chi connectivity index (χ1v) is 10.0. The summed E-state index contributed by atoms with van der Waals surface area (Å²) in [5.41, 5.74) is 3.41. The molecule has 1 aromatic heterocycles. The van der Waals surface area contributed by atoms with Crippen molar-refractivity contribution in [3.8, 4) is 0 Å². The van der Waals surface area contributed by atoms with Crippen LogP contribution >= 0.6 is 23.1 Å². The molecule has 138 valence electrons. The predicted octanol–water partition coefficient (Wildman–Crippen LogP) is 4.52. The Kier molecular flexibility index (Phi) is 6.20. The number of Topliss-reactive ketones (excluding diaryl/α,β-unsaturated/α-hetero) is 1. The summed E-state index contributed by atoms with van der Waals surface area (Å²) in [6, 6.07) is 14.9. The van der Waals surface area contributed by atoms with Gasteiger partial charge in [-0.15, -0.1) is 10.2 Å². The summed E-state index contributed by atoms with van der Waals surface area (Å²) in [6.07, 6.45) is 0. The van der Waals surface area contributed by atoms with E-state index in [2.05, 4.69) is 20.8 Å². The molecule has 1 amide bonds. The molecular formula is C19H18N4O2S2. The molecule has 6 nitrogen and oxygen atoms in total. The van der Waals surface area contributed by atoms with Crippen molar-refractivity contribution in [1.82, 2.24) is 10.2 Å². The summed E-state index contributed by atoms with van der Waals surface area (Å²) in [5, 5.41) is 14.8. The van der Waals surface area contributed by atoms with Gasteiger partial charge in [-0.1, -0.05) is 40.8 Å². The molecule has 8 heteroatoms. The number of carbonyl (C=O) groups is 2. The third kappa shape index (κ3) is 5.63. The van der Waals surface area contributed by atoms with Crippen molar-refractivity contribution in [2.24, 2.45) is 0 Å².